The number of piperidine rings is 1. The van der Waals surface area contributed by atoms with Crippen LogP contribution in [0.4, 0.5) is 8.78 Å². The maximum absolute atomic E-state index is 14.6. The Balaban J connectivity index is 1.55. The molecule has 176 valence electrons. The Morgan fingerprint density at radius 1 is 1.11 bits per heavy atom. The van der Waals surface area contributed by atoms with E-state index < -0.39 is 57.5 Å². The minimum Gasteiger partial charge on any atom is -0.352 e. The highest BCUT2D eigenvalue weighted by atomic mass is 35.5. The predicted molar refractivity (Wildman–Crippen MR) is 134 cm³/mol. The number of carbonyl (C=O) groups is 4. The number of carbonyl (C=O) groups excluding carboxylic acids is 4. The van der Waals surface area contributed by atoms with Crippen molar-refractivity contribution in [2.45, 2.75) is 34.9 Å². The Labute approximate surface area is 222 Å². The standard InChI is InChI=1S/C22H13B5ClF2N3O4/c23-15(31-18(36)20(29,30)11-2-4-12(28)5-3-11)9-1-6-13-10(7-9)8-33(17(13)35)14-16(34)32-19(37)22(26,27)21(14,24)25/h1-7,14-15H,8H2,(H,31,36)(H,32,34,37). The lowest BCUT2D eigenvalue weighted by Crippen LogP contribution is -2.66. The summed E-state index contributed by atoms with van der Waals surface area (Å²) < 4.78 is 29.2. The van der Waals surface area contributed by atoms with Crippen molar-refractivity contribution in [2.24, 2.45) is 0 Å². The molecule has 10 radical (unpaired) electrons. The Morgan fingerprint density at radius 3 is 2.35 bits per heavy atom. The largest absolute Gasteiger partial charge is 0.352 e. The van der Waals surface area contributed by atoms with Gasteiger partial charge in [-0.15, -0.1) is 0 Å². The first-order valence-corrected chi connectivity index (χ1v) is 11.1. The third-order valence-corrected chi connectivity index (χ3v) is 6.69. The van der Waals surface area contributed by atoms with Gasteiger partial charge in [0.25, 0.3) is 11.8 Å². The molecule has 0 spiro atoms. The number of imide groups is 1. The molecule has 7 nitrogen and oxygen atoms in total. The number of hydrogen-bond acceptors (Lipinski definition) is 4. The molecule has 2 aliphatic rings. The molecule has 4 rings (SSSR count). The molecule has 15 heteroatoms. The lowest BCUT2D eigenvalue weighted by molar-refractivity contribution is -0.147. The molecule has 0 saturated carbocycles. The number of rotatable bonds is 5. The maximum Gasteiger partial charge on any atom is 0.349 e. The van der Waals surface area contributed by atoms with Crippen molar-refractivity contribution in [1.82, 2.24) is 15.5 Å². The summed E-state index contributed by atoms with van der Waals surface area (Å²) in [5.74, 6) is -9.68. The topological polar surface area (TPSA) is 95.6 Å². The average Bonchev–Trinajstić information content (AvgIpc) is 3.13. The molecule has 2 unspecified atom stereocenters. The van der Waals surface area contributed by atoms with E-state index >= 15 is 0 Å². The summed E-state index contributed by atoms with van der Waals surface area (Å²) in [6.45, 7) is -0.220. The Hall–Kier alpha value is -3.01. The van der Waals surface area contributed by atoms with E-state index in [-0.39, 0.29) is 22.7 Å². The second-order valence-corrected chi connectivity index (χ2v) is 9.34. The minimum atomic E-state index is -3.90. The second-order valence-electron chi connectivity index (χ2n) is 8.90. The summed E-state index contributed by atoms with van der Waals surface area (Å²) >= 11 is 5.71. The SMILES string of the molecule is [B]C(NC(=O)C(F)(F)c1ccc(Cl)cc1)c1ccc2c(c1)CN(C1C(=O)NC(=O)C([B])([B])C1([B])[B])C2=O. The molecule has 2 heterocycles. The minimum absolute atomic E-state index is 0.133. The van der Waals surface area contributed by atoms with Gasteiger partial charge >= 0.3 is 5.92 Å². The van der Waals surface area contributed by atoms with Gasteiger partial charge in [-0.1, -0.05) is 41.1 Å². The lowest BCUT2D eigenvalue weighted by Gasteiger charge is -2.53. The van der Waals surface area contributed by atoms with E-state index in [0.29, 0.717) is 5.56 Å². The summed E-state index contributed by atoms with van der Waals surface area (Å²) in [7, 11) is 29.5. The highest BCUT2D eigenvalue weighted by Crippen LogP contribution is 2.50. The Morgan fingerprint density at radius 2 is 1.73 bits per heavy atom. The van der Waals surface area contributed by atoms with Gasteiger partial charge in [-0.2, -0.15) is 8.78 Å². The van der Waals surface area contributed by atoms with E-state index in [1.54, 1.807) is 0 Å². The van der Waals surface area contributed by atoms with Crippen LogP contribution in [0.25, 0.3) is 0 Å². The van der Waals surface area contributed by atoms with Gasteiger partial charge in [-0.25, -0.2) is 0 Å². The molecule has 1 fully saturated rings. The Kier molecular flexibility index (Phi) is 6.63. The van der Waals surface area contributed by atoms with E-state index in [1.807, 2.05) is 10.6 Å². The van der Waals surface area contributed by atoms with Crippen LogP contribution in [0.3, 0.4) is 0 Å². The third kappa shape index (κ3) is 4.39. The molecule has 2 atom stereocenters. The molecule has 2 aromatic rings. The van der Waals surface area contributed by atoms with E-state index in [0.717, 1.165) is 17.0 Å². The van der Waals surface area contributed by atoms with Crippen molar-refractivity contribution >= 4 is 74.5 Å². The number of nitrogens with one attached hydrogen (secondary N) is 2. The van der Waals surface area contributed by atoms with Crippen molar-refractivity contribution in [3.63, 3.8) is 0 Å². The third-order valence-electron chi connectivity index (χ3n) is 6.44. The van der Waals surface area contributed by atoms with Crippen LogP contribution in [0, 0.1) is 0 Å². The van der Waals surface area contributed by atoms with Crippen molar-refractivity contribution < 1.29 is 28.0 Å². The molecule has 1 saturated heterocycles. The number of halogens is 3. The van der Waals surface area contributed by atoms with Gasteiger partial charge < -0.3 is 10.2 Å². The van der Waals surface area contributed by atoms with Gasteiger partial charge in [-0.05, 0) is 34.5 Å². The second kappa shape index (κ2) is 9.08. The normalized spacial score (nSPS) is 21.2. The first-order valence-electron chi connectivity index (χ1n) is 10.7. The summed E-state index contributed by atoms with van der Waals surface area (Å²) in [5, 5.41) is -0.488. The highest BCUT2D eigenvalue weighted by molar-refractivity contribution is 6.63. The molecule has 2 aliphatic heterocycles. The number of amides is 4. The van der Waals surface area contributed by atoms with Gasteiger partial charge in [0.2, 0.25) is 11.8 Å². The van der Waals surface area contributed by atoms with E-state index in [2.05, 4.69) is 0 Å². The summed E-state index contributed by atoms with van der Waals surface area (Å²) in [6.07, 6.45) is 0. The molecule has 0 bridgehead atoms. The van der Waals surface area contributed by atoms with Crippen LogP contribution in [0.1, 0.15) is 33.0 Å². The van der Waals surface area contributed by atoms with E-state index in [4.69, 9.17) is 50.8 Å². The fourth-order valence-corrected chi connectivity index (χ4v) is 4.32. The smallest absolute Gasteiger partial charge is 0.349 e. The van der Waals surface area contributed by atoms with Crippen LogP contribution < -0.4 is 10.6 Å². The zero-order valence-corrected chi connectivity index (χ0v) is 19.8. The van der Waals surface area contributed by atoms with Gasteiger partial charge in [0.05, 0.1) is 31.4 Å². The van der Waals surface area contributed by atoms with Gasteiger partial charge in [0, 0.05) is 28.6 Å². The van der Waals surface area contributed by atoms with Crippen molar-refractivity contribution in [1.29, 1.82) is 0 Å². The summed E-state index contributed by atoms with van der Waals surface area (Å²) in [4.78, 5) is 51.0. The summed E-state index contributed by atoms with van der Waals surface area (Å²) in [5.41, 5.74) is 0.0744. The van der Waals surface area contributed by atoms with Gasteiger partial charge in [0.1, 0.15) is 13.9 Å². The van der Waals surface area contributed by atoms with Gasteiger partial charge in [-0.3, -0.25) is 24.5 Å². The monoisotopic (exact) mass is 511 g/mol. The van der Waals surface area contributed by atoms with Crippen LogP contribution in [0.5, 0.6) is 0 Å². The maximum atomic E-state index is 14.6. The number of nitrogens with zero attached hydrogens (tertiary/aromatic N) is 1. The van der Waals surface area contributed by atoms with Crippen LogP contribution in [-0.4, -0.2) is 73.8 Å². The molecule has 4 amide bonds. The average molecular weight is 511 g/mol. The van der Waals surface area contributed by atoms with Crippen LogP contribution in [0.15, 0.2) is 42.5 Å². The predicted octanol–water partition coefficient (Wildman–Crippen LogP) is 0.302. The quantitative estimate of drug-likeness (QED) is 0.447. The van der Waals surface area contributed by atoms with Crippen molar-refractivity contribution in [3.05, 3.63) is 69.7 Å². The molecule has 0 aromatic heterocycles. The lowest BCUT2D eigenvalue weighted by atomic mass is 9.26. The molecule has 37 heavy (non-hydrogen) atoms. The first kappa shape index (κ1) is 27.0. The zero-order chi connectivity index (χ0) is 27.5. The fraction of sp³-hybridized carbons (Fsp3) is 0.273. The van der Waals surface area contributed by atoms with Gasteiger partial charge in [0.15, 0.2) is 0 Å². The van der Waals surface area contributed by atoms with Crippen molar-refractivity contribution in [2.75, 3.05) is 0 Å². The van der Waals surface area contributed by atoms with Crippen LogP contribution in [-0.2, 0) is 26.9 Å². The molecular weight excluding hydrogens is 498 g/mol. The molecular formula is C22H13B5ClF2N3O4. The fourth-order valence-electron chi connectivity index (χ4n) is 4.19. The zero-order valence-electron chi connectivity index (χ0n) is 19.0. The molecule has 0 aliphatic carbocycles. The van der Waals surface area contributed by atoms with E-state index in [9.17, 15) is 28.0 Å². The number of benzene rings is 2. The van der Waals surface area contributed by atoms with Crippen LogP contribution >= 0.6 is 11.6 Å². The highest BCUT2D eigenvalue weighted by Gasteiger charge is 2.56. The molecule has 2 N–H and O–H groups in total. The molecule has 2 aromatic carbocycles. The van der Waals surface area contributed by atoms with E-state index in [1.165, 1.54) is 30.3 Å². The number of hydrogen-bond donors (Lipinski definition) is 2. The van der Waals surface area contributed by atoms with Crippen molar-refractivity contribution in [3.8, 4) is 0 Å². The summed E-state index contributed by atoms with van der Waals surface area (Å²) in [6, 6.07) is 6.96. The first-order chi connectivity index (χ1) is 17.1. The Bertz CT molecular complexity index is 1330. The van der Waals surface area contributed by atoms with Crippen LogP contribution in [0.2, 0.25) is 15.5 Å². The number of fused-ring (bicyclic) bond motifs is 1. The number of alkyl halides is 2.